The van der Waals surface area contributed by atoms with Crippen molar-refractivity contribution in [3.8, 4) is 0 Å². The number of halogens is 1. The fourth-order valence-electron chi connectivity index (χ4n) is 3.94. The molecule has 0 aliphatic carbocycles. The largest absolute Gasteiger partial charge is 0.303 e. The normalized spacial score (nSPS) is 33.5. The minimum absolute atomic E-state index is 0.166. The summed E-state index contributed by atoms with van der Waals surface area (Å²) in [6.07, 6.45) is 1.24. The van der Waals surface area contributed by atoms with E-state index < -0.39 is 0 Å². The second-order valence-corrected chi connectivity index (χ2v) is 6.84. The molecule has 0 saturated carbocycles. The van der Waals surface area contributed by atoms with Gasteiger partial charge in [-0.15, -0.1) is 0 Å². The molecule has 4 nitrogen and oxygen atoms in total. The molecule has 1 spiro atoms. The SMILES string of the molecule is CC1CC2(CC(=O)NC(=O)C2c2cccc(Cl)c2)CN1C. The lowest BCUT2D eigenvalue weighted by atomic mass is 9.66. The molecular weight excluding hydrogens is 288 g/mol. The third-order valence-corrected chi connectivity index (χ3v) is 5.09. The molecule has 0 radical (unpaired) electrons. The molecule has 3 unspecified atom stereocenters. The highest BCUT2D eigenvalue weighted by Crippen LogP contribution is 2.50. The Morgan fingerprint density at radius 3 is 2.76 bits per heavy atom. The molecule has 5 heteroatoms. The number of rotatable bonds is 1. The van der Waals surface area contributed by atoms with Gasteiger partial charge in [-0.1, -0.05) is 23.7 Å². The van der Waals surface area contributed by atoms with E-state index in [0.717, 1.165) is 18.5 Å². The molecule has 112 valence electrons. The van der Waals surface area contributed by atoms with Crippen LogP contribution in [0.2, 0.25) is 5.02 Å². The lowest BCUT2D eigenvalue weighted by Crippen LogP contribution is -2.51. The Morgan fingerprint density at radius 2 is 2.14 bits per heavy atom. The number of carbonyl (C=O) groups is 2. The summed E-state index contributed by atoms with van der Waals surface area (Å²) >= 11 is 6.08. The smallest absolute Gasteiger partial charge is 0.234 e. The maximum absolute atomic E-state index is 12.5. The Labute approximate surface area is 129 Å². The molecule has 21 heavy (non-hydrogen) atoms. The van der Waals surface area contributed by atoms with Gasteiger partial charge in [0.1, 0.15) is 0 Å². The van der Waals surface area contributed by atoms with Crippen molar-refractivity contribution in [2.75, 3.05) is 13.6 Å². The van der Waals surface area contributed by atoms with Gasteiger partial charge in [0.2, 0.25) is 11.8 Å². The molecule has 1 aromatic rings. The minimum Gasteiger partial charge on any atom is -0.303 e. The van der Waals surface area contributed by atoms with Gasteiger partial charge in [-0.2, -0.15) is 0 Å². The molecule has 2 aliphatic rings. The predicted molar refractivity (Wildman–Crippen MR) is 81.1 cm³/mol. The van der Waals surface area contributed by atoms with Crippen molar-refractivity contribution < 1.29 is 9.59 Å². The fraction of sp³-hybridized carbons (Fsp3) is 0.500. The van der Waals surface area contributed by atoms with Crippen LogP contribution < -0.4 is 5.32 Å². The average molecular weight is 307 g/mol. The summed E-state index contributed by atoms with van der Waals surface area (Å²) < 4.78 is 0. The summed E-state index contributed by atoms with van der Waals surface area (Å²) in [6, 6.07) is 7.79. The quantitative estimate of drug-likeness (QED) is 0.809. The van der Waals surface area contributed by atoms with Crippen molar-refractivity contribution in [1.29, 1.82) is 0 Å². The van der Waals surface area contributed by atoms with Crippen molar-refractivity contribution in [2.24, 2.45) is 5.41 Å². The van der Waals surface area contributed by atoms with Crippen LogP contribution in [-0.2, 0) is 9.59 Å². The Balaban J connectivity index is 2.06. The molecule has 1 N–H and O–H groups in total. The van der Waals surface area contributed by atoms with Crippen molar-refractivity contribution >= 4 is 23.4 Å². The minimum atomic E-state index is -0.321. The summed E-state index contributed by atoms with van der Waals surface area (Å²) in [5.74, 6) is -0.682. The van der Waals surface area contributed by atoms with Crippen LogP contribution in [0, 0.1) is 5.41 Å². The fourth-order valence-corrected chi connectivity index (χ4v) is 4.14. The number of nitrogens with zero attached hydrogens (tertiary/aromatic N) is 1. The first kappa shape index (κ1) is 14.5. The lowest BCUT2D eigenvalue weighted by molar-refractivity contribution is -0.139. The topological polar surface area (TPSA) is 49.4 Å². The van der Waals surface area contributed by atoms with Crippen LogP contribution in [0.25, 0.3) is 0 Å². The van der Waals surface area contributed by atoms with E-state index >= 15 is 0 Å². The predicted octanol–water partition coefficient (Wildman–Crippen LogP) is 2.18. The Kier molecular flexibility index (Phi) is 3.54. The number of imide groups is 1. The number of hydrogen-bond donors (Lipinski definition) is 1. The average Bonchev–Trinajstić information content (AvgIpc) is 2.63. The highest BCUT2D eigenvalue weighted by molar-refractivity contribution is 6.30. The summed E-state index contributed by atoms with van der Waals surface area (Å²) in [4.78, 5) is 26.6. The van der Waals surface area contributed by atoms with E-state index in [-0.39, 0.29) is 23.1 Å². The highest BCUT2D eigenvalue weighted by atomic mass is 35.5. The first-order chi connectivity index (χ1) is 9.91. The molecular formula is C16H19ClN2O2. The molecule has 3 atom stereocenters. The van der Waals surface area contributed by atoms with Crippen LogP contribution in [0.4, 0.5) is 0 Å². The van der Waals surface area contributed by atoms with Gasteiger partial charge in [0.05, 0.1) is 5.92 Å². The van der Waals surface area contributed by atoms with E-state index in [1.165, 1.54) is 0 Å². The van der Waals surface area contributed by atoms with Gasteiger partial charge in [-0.05, 0) is 38.1 Å². The molecule has 2 amide bonds. The number of hydrogen-bond acceptors (Lipinski definition) is 3. The Hall–Kier alpha value is -1.39. The van der Waals surface area contributed by atoms with Crippen molar-refractivity contribution in [3.05, 3.63) is 34.9 Å². The van der Waals surface area contributed by atoms with Crippen molar-refractivity contribution in [1.82, 2.24) is 10.2 Å². The molecule has 2 saturated heterocycles. The lowest BCUT2D eigenvalue weighted by Gasteiger charge is -2.39. The van der Waals surface area contributed by atoms with Gasteiger partial charge in [0, 0.05) is 29.4 Å². The maximum atomic E-state index is 12.5. The van der Waals surface area contributed by atoms with E-state index in [1.807, 2.05) is 25.2 Å². The zero-order chi connectivity index (χ0) is 15.2. The molecule has 2 heterocycles. The zero-order valence-corrected chi connectivity index (χ0v) is 13.0. The highest BCUT2D eigenvalue weighted by Gasteiger charge is 2.53. The Bertz CT molecular complexity index is 592. The Morgan fingerprint density at radius 1 is 1.38 bits per heavy atom. The number of benzene rings is 1. The van der Waals surface area contributed by atoms with Crippen LogP contribution in [0.1, 0.15) is 31.2 Å². The van der Waals surface area contributed by atoms with Gasteiger partial charge in [0.25, 0.3) is 0 Å². The van der Waals surface area contributed by atoms with Gasteiger partial charge in [0.15, 0.2) is 0 Å². The van der Waals surface area contributed by atoms with Crippen LogP contribution in [0.3, 0.4) is 0 Å². The first-order valence-corrected chi connectivity index (χ1v) is 7.58. The summed E-state index contributed by atoms with van der Waals surface area (Å²) in [5.41, 5.74) is 0.577. The summed E-state index contributed by atoms with van der Waals surface area (Å²) in [6.45, 7) is 2.89. The molecule has 3 rings (SSSR count). The third-order valence-electron chi connectivity index (χ3n) is 4.85. The van der Waals surface area contributed by atoms with E-state index in [9.17, 15) is 9.59 Å². The molecule has 0 aromatic heterocycles. The maximum Gasteiger partial charge on any atom is 0.234 e. The van der Waals surface area contributed by atoms with Gasteiger partial charge < -0.3 is 4.90 Å². The van der Waals surface area contributed by atoms with Crippen molar-refractivity contribution in [2.45, 2.75) is 31.7 Å². The number of piperidine rings is 1. The zero-order valence-electron chi connectivity index (χ0n) is 12.2. The number of carbonyl (C=O) groups excluding carboxylic acids is 2. The van der Waals surface area contributed by atoms with Gasteiger partial charge in [-0.3, -0.25) is 14.9 Å². The van der Waals surface area contributed by atoms with Crippen LogP contribution >= 0.6 is 11.6 Å². The van der Waals surface area contributed by atoms with Crippen LogP contribution in [0.5, 0.6) is 0 Å². The summed E-state index contributed by atoms with van der Waals surface area (Å²) in [5, 5.41) is 3.11. The second kappa shape index (κ2) is 5.11. The van der Waals surface area contributed by atoms with E-state index in [1.54, 1.807) is 6.07 Å². The standard InChI is InChI=1S/C16H19ClN2O2/c1-10-7-16(9-19(10)2)8-13(20)18-15(21)14(16)11-4-3-5-12(17)6-11/h3-6,10,14H,7-9H2,1-2H3,(H,18,20,21). The van der Waals surface area contributed by atoms with Crippen LogP contribution in [0.15, 0.2) is 24.3 Å². The van der Waals surface area contributed by atoms with E-state index in [0.29, 0.717) is 17.5 Å². The number of likely N-dealkylation sites (tertiary alicyclic amines) is 1. The van der Waals surface area contributed by atoms with Crippen molar-refractivity contribution in [3.63, 3.8) is 0 Å². The monoisotopic (exact) mass is 306 g/mol. The van der Waals surface area contributed by atoms with E-state index in [2.05, 4.69) is 17.1 Å². The molecule has 2 fully saturated rings. The summed E-state index contributed by atoms with van der Waals surface area (Å²) in [7, 11) is 2.05. The van der Waals surface area contributed by atoms with Crippen LogP contribution in [-0.4, -0.2) is 36.3 Å². The van der Waals surface area contributed by atoms with Gasteiger partial charge >= 0.3 is 0 Å². The van der Waals surface area contributed by atoms with Gasteiger partial charge in [-0.25, -0.2) is 0 Å². The second-order valence-electron chi connectivity index (χ2n) is 6.41. The van der Waals surface area contributed by atoms with E-state index in [4.69, 9.17) is 11.6 Å². The third kappa shape index (κ3) is 2.47. The number of nitrogens with one attached hydrogen (secondary N) is 1. The first-order valence-electron chi connectivity index (χ1n) is 7.21. The molecule has 2 aliphatic heterocycles. The molecule has 0 bridgehead atoms. The molecule has 1 aromatic carbocycles. The number of amides is 2.